The number of rotatable bonds is 3. The number of nitrogens with zero attached hydrogens (tertiary/aromatic N) is 4. The Labute approximate surface area is 169 Å². The summed E-state index contributed by atoms with van der Waals surface area (Å²) in [4.78, 5) is 24.0. The zero-order valence-corrected chi connectivity index (χ0v) is 17.0. The van der Waals surface area contributed by atoms with Crippen molar-refractivity contribution in [2.75, 3.05) is 49.1 Å². The maximum absolute atomic E-state index is 12.7. The lowest BCUT2D eigenvalue weighted by atomic mass is 10.2. The van der Waals surface area contributed by atoms with Crippen LogP contribution in [0.5, 0.6) is 0 Å². The second kappa shape index (κ2) is 8.48. The van der Waals surface area contributed by atoms with Crippen LogP contribution in [-0.4, -0.2) is 55.1 Å². The van der Waals surface area contributed by atoms with Gasteiger partial charge in [0.25, 0.3) is 5.91 Å². The van der Waals surface area contributed by atoms with E-state index in [4.69, 9.17) is 11.6 Å². The highest BCUT2D eigenvalue weighted by Crippen LogP contribution is 2.25. The van der Waals surface area contributed by atoms with Crippen LogP contribution in [0.15, 0.2) is 29.6 Å². The maximum Gasteiger partial charge on any atom is 0.273 e. The van der Waals surface area contributed by atoms with Crippen molar-refractivity contribution >= 4 is 39.7 Å². The molecule has 0 spiro atoms. The number of likely N-dealkylation sites (tertiary alicyclic amines) is 1. The van der Waals surface area contributed by atoms with Crippen molar-refractivity contribution in [2.24, 2.45) is 0 Å². The predicted octanol–water partition coefficient (Wildman–Crippen LogP) is 4.14. The highest BCUT2D eigenvalue weighted by Gasteiger charge is 2.23. The summed E-state index contributed by atoms with van der Waals surface area (Å²) in [6, 6.07) is 8.01. The number of hydrogen-bond donors (Lipinski definition) is 0. The van der Waals surface area contributed by atoms with Crippen molar-refractivity contribution in [3.63, 3.8) is 0 Å². The Bertz CT molecular complexity index is 763. The number of benzene rings is 1. The van der Waals surface area contributed by atoms with E-state index in [9.17, 15) is 4.79 Å². The number of carbonyl (C=O) groups excluding carboxylic acids is 1. The third kappa shape index (κ3) is 4.38. The van der Waals surface area contributed by atoms with Crippen LogP contribution in [0, 0.1) is 0 Å². The third-order valence-corrected chi connectivity index (χ3v) is 6.50. The van der Waals surface area contributed by atoms with E-state index in [1.54, 1.807) is 11.3 Å². The van der Waals surface area contributed by atoms with Crippen LogP contribution in [0.1, 0.15) is 36.2 Å². The molecule has 2 fully saturated rings. The van der Waals surface area contributed by atoms with Gasteiger partial charge in [-0.05, 0) is 37.1 Å². The van der Waals surface area contributed by atoms with E-state index in [-0.39, 0.29) is 5.91 Å². The molecule has 0 atom stereocenters. The molecule has 3 heterocycles. The first kappa shape index (κ1) is 18.6. The summed E-state index contributed by atoms with van der Waals surface area (Å²) in [6.07, 6.45) is 4.67. The SMILES string of the molecule is O=C(c1csc(N2CCN(c3ccc(Cl)cc3)CC2)n1)N1CCCCCC1. The summed E-state index contributed by atoms with van der Waals surface area (Å²) < 4.78 is 0. The van der Waals surface area contributed by atoms with Crippen molar-refractivity contribution in [1.82, 2.24) is 9.88 Å². The summed E-state index contributed by atoms with van der Waals surface area (Å²) in [5, 5.41) is 3.65. The molecule has 2 aromatic rings. The van der Waals surface area contributed by atoms with Crippen molar-refractivity contribution in [3.8, 4) is 0 Å². The second-order valence-corrected chi connectivity index (χ2v) is 8.45. The van der Waals surface area contributed by atoms with Gasteiger partial charge >= 0.3 is 0 Å². The molecule has 1 aromatic heterocycles. The summed E-state index contributed by atoms with van der Waals surface area (Å²) in [5.41, 5.74) is 1.81. The number of hydrogen-bond acceptors (Lipinski definition) is 5. The maximum atomic E-state index is 12.7. The first-order valence-corrected chi connectivity index (χ1v) is 11.0. The van der Waals surface area contributed by atoms with E-state index in [2.05, 4.69) is 26.9 Å². The van der Waals surface area contributed by atoms with E-state index < -0.39 is 0 Å². The Balaban J connectivity index is 1.36. The first-order valence-electron chi connectivity index (χ1n) is 9.71. The largest absolute Gasteiger partial charge is 0.368 e. The molecular formula is C20H25ClN4OS. The van der Waals surface area contributed by atoms with E-state index in [0.29, 0.717) is 5.69 Å². The summed E-state index contributed by atoms with van der Waals surface area (Å²) in [7, 11) is 0. The lowest BCUT2D eigenvalue weighted by Gasteiger charge is -2.36. The first-order chi connectivity index (χ1) is 13.2. The highest BCUT2D eigenvalue weighted by atomic mass is 35.5. The highest BCUT2D eigenvalue weighted by molar-refractivity contribution is 7.13. The quantitative estimate of drug-likeness (QED) is 0.770. The molecule has 0 aliphatic carbocycles. The van der Waals surface area contributed by atoms with Gasteiger partial charge < -0.3 is 14.7 Å². The molecule has 1 aromatic carbocycles. The molecule has 144 valence electrons. The lowest BCUT2D eigenvalue weighted by Crippen LogP contribution is -2.46. The van der Waals surface area contributed by atoms with Crippen molar-refractivity contribution in [1.29, 1.82) is 0 Å². The third-order valence-electron chi connectivity index (χ3n) is 5.35. The fourth-order valence-corrected chi connectivity index (χ4v) is 4.73. The van der Waals surface area contributed by atoms with E-state index >= 15 is 0 Å². The molecule has 0 bridgehead atoms. The molecule has 0 unspecified atom stereocenters. The van der Waals surface area contributed by atoms with Crippen LogP contribution in [0.3, 0.4) is 0 Å². The summed E-state index contributed by atoms with van der Waals surface area (Å²) in [6.45, 7) is 5.44. The van der Waals surface area contributed by atoms with Crippen LogP contribution in [0.25, 0.3) is 0 Å². The Morgan fingerprint density at radius 1 is 0.889 bits per heavy atom. The van der Waals surface area contributed by atoms with Crippen molar-refractivity contribution in [2.45, 2.75) is 25.7 Å². The van der Waals surface area contributed by atoms with Gasteiger partial charge in [0.2, 0.25) is 0 Å². The topological polar surface area (TPSA) is 39.7 Å². The zero-order chi connectivity index (χ0) is 18.6. The van der Waals surface area contributed by atoms with Gasteiger partial charge in [-0.1, -0.05) is 24.4 Å². The number of piperazine rings is 1. The lowest BCUT2D eigenvalue weighted by molar-refractivity contribution is 0.0756. The minimum absolute atomic E-state index is 0.0965. The Morgan fingerprint density at radius 3 is 2.19 bits per heavy atom. The minimum Gasteiger partial charge on any atom is -0.368 e. The number of halogens is 1. The van der Waals surface area contributed by atoms with Gasteiger partial charge in [-0.25, -0.2) is 4.98 Å². The Hall–Kier alpha value is -1.79. The van der Waals surface area contributed by atoms with Gasteiger partial charge in [0.1, 0.15) is 5.69 Å². The Kier molecular flexibility index (Phi) is 5.83. The fraction of sp³-hybridized carbons (Fsp3) is 0.500. The molecule has 2 aliphatic rings. The number of anilines is 2. The van der Waals surface area contributed by atoms with Crippen molar-refractivity contribution < 1.29 is 4.79 Å². The number of thiazole rings is 1. The van der Waals surface area contributed by atoms with Crippen LogP contribution < -0.4 is 9.80 Å². The molecule has 0 N–H and O–H groups in total. The summed E-state index contributed by atoms with van der Waals surface area (Å²) >= 11 is 7.57. The molecule has 0 saturated carbocycles. The van der Waals surface area contributed by atoms with Gasteiger partial charge in [0.15, 0.2) is 5.13 Å². The Morgan fingerprint density at radius 2 is 1.52 bits per heavy atom. The van der Waals surface area contributed by atoms with E-state index in [0.717, 1.165) is 62.3 Å². The van der Waals surface area contributed by atoms with Crippen LogP contribution >= 0.6 is 22.9 Å². The molecule has 7 heteroatoms. The average molecular weight is 405 g/mol. The molecule has 27 heavy (non-hydrogen) atoms. The molecule has 2 aliphatic heterocycles. The van der Waals surface area contributed by atoms with Gasteiger partial charge in [-0.3, -0.25) is 4.79 Å². The average Bonchev–Trinajstić information content (AvgIpc) is 3.04. The molecule has 1 amide bonds. The standard InChI is InChI=1S/C20H25ClN4OS/c21-16-5-7-17(8-6-16)23-11-13-25(14-12-23)20-22-18(15-27-20)19(26)24-9-3-1-2-4-10-24/h5-8,15H,1-4,9-14H2. The number of amides is 1. The van der Waals surface area contributed by atoms with Crippen LogP contribution in [-0.2, 0) is 0 Å². The molecular weight excluding hydrogens is 380 g/mol. The molecule has 5 nitrogen and oxygen atoms in total. The summed E-state index contributed by atoms with van der Waals surface area (Å²) in [5.74, 6) is 0.0965. The van der Waals surface area contributed by atoms with E-state index in [1.807, 2.05) is 22.4 Å². The van der Waals surface area contributed by atoms with Crippen LogP contribution in [0.2, 0.25) is 5.02 Å². The fourth-order valence-electron chi connectivity index (χ4n) is 3.75. The number of carbonyl (C=O) groups is 1. The van der Waals surface area contributed by atoms with Crippen molar-refractivity contribution in [3.05, 3.63) is 40.4 Å². The van der Waals surface area contributed by atoms with Gasteiger partial charge in [0.05, 0.1) is 0 Å². The van der Waals surface area contributed by atoms with Gasteiger partial charge in [-0.15, -0.1) is 11.3 Å². The molecule has 0 radical (unpaired) electrons. The minimum atomic E-state index is 0.0965. The zero-order valence-electron chi connectivity index (χ0n) is 15.4. The normalized spacial score (nSPS) is 18.5. The number of aromatic nitrogens is 1. The van der Waals surface area contributed by atoms with E-state index in [1.165, 1.54) is 18.5 Å². The van der Waals surface area contributed by atoms with Gasteiger partial charge in [-0.2, -0.15) is 0 Å². The van der Waals surface area contributed by atoms with Crippen LogP contribution in [0.4, 0.5) is 10.8 Å². The van der Waals surface area contributed by atoms with Gasteiger partial charge in [0, 0.05) is 55.4 Å². The monoisotopic (exact) mass is 404 g/mol. The molecule has 4 rings (SSSR count). The molecule has 2 saturated heterocycles. The predicted molar refractivity (Wildman–Crippen MR) is 112 cm³/mol. The smallest absolute Gasteiger partial charge is 0.273 e. The second-order valence-electron chi connectivity index (χ2n) is 7.17.